The Kier molecular flexibility index (Phi) is 9.54. The van der Waals surface area contributed by atoms with Gasteiger partial charge in [-0.2, -0.15) is 0 Å². The van der Waals surface area contributed by atoms with Crippen LogP contribution >= 0.6 is 0 Å². The molecular weight excluding hydrogens is 246 g/mol. The molecule has 0 aromatic heterocycles. The molecule has 0 radical (unpaired) electrons. The molecule has 0 aliphatic heterocycles. The van der Waals surface area contributed by atoms with Crippen molar-refractivity contribution in [3.05, 3.63) is 0 Å². The largest absolute Gasteiger partial charge is 0.381 e. The second kappa shape index (κ2) is 10.6. The predicted molar refractivity (Wildman–Crippen MR) is 88.1 cm³/mol. The molecule has 1 fully saturated rings. The van der Waals surface area contributed by atoms with Gasteiger partial charge in [-0.3, -0.25) is 0 Å². The number of nitrogens with one attached hydrogen (secondary N) is 1. The van der Waals surface area contributed by atoms with Gasteiger partial charge in [-0.1, -0.05) is 40.5 Å². The van der Waals surface area contributed by atoms with E-state index in [2.05, 4.69) is 33.0 Å². The third-order valence-corrected chi connectivity index (χ3v) is 4.73. The normalized spacial score (nSPS) is 27.1. The Bertz CT molecular complexity index is 229. The molecule has 0 heterocycles. The summed E-state index contributed by atoms with van der Waals surface area (Å²) in [5.74, 6) is 2.56. The van der Waals surface area contributed by atoms with Crippen LogP contribution in [0.1, 0.15) is 72.6 Å². The van der Waals surface area contributed by atoms with Crippen LogP contribution in [-0.2, 0) is 4.74 Å². The molecule has 3 unspecified atom stereocenters. The van der Waals surface area contributed by atoms with E-state index in [9.17, 15) is 0 Å². The molecule has 1 aliphatic carbocycles. The van der Waals surface area contributed by atoms with Crippen LogP contribution in [0.5, 0.6) is 0 Å². The Morgan fingerprint density at radius 2 is 1.90 bits per heavy atom. The highest BCUT2D eigenvalue weighted by Gasteiger charge is 2.29. The smallest absolute Gasteiger partial charge is 0.0469 e. The fourth-order valence-corrected chi connectivity index (χ4v) is 3.54. The topological polar surface area (TPSA) is 21.3 Å². The Morgan fingerprint density at radius 3 is 2.55 bits per heavy atom. The first-order valence-electron chi connectivity index (χ1n) is 8.98. The third-order valence-electron chi connectivity index (χ3n) is 4.73. The average molecular weight is 284 g/mol. The molecule has 0 amide bonds. The maximum atomic E-state index is 5.84. The molecule has 0 aromatic carbocycles. The zero-order chi connectivity index (χ0) is 14.8. The maximum Gasteiger partial charge on any atom is 0.0469 e. The highest BCUT2D eigenvalue weighted by Crippen LogP contribution is 2.34. The van der Waals surface area contributed by atoms with Gasteiger partial charge >= 0.3 is 0 Å². The van der Waals surface area contributed by atoms with Gasteiger partial charge in [-0.05, 0) is 56.4 Å². The molecule has 120 valence electrons. The molecule has 0 aromatic rings. The van der Waals surface area contributed by atoms with Crippen molar-refractivity contribution in [3.63, 3.8) is 0 Å². The lowest BCUT2D eigenvalue weighted by Gasteiger charge is -2.36. The first-order chi connectivity index (χ1) is 9.67. The van der Waals surface area contributed by atoms with E-state index in [-0.39, 0.29) is 0 Å². The summed E-state index contributed by atoms with van der Waals surface area (Å²) in [5.41, 5.74) is 0. The molecule has 1 aliphatic rings. The van der Waals surface area contributed by atoms with E-state index in [1.807, 2.05) is 0 Å². The molecule has 1 N–H and O–H groups in total. The SMILES string of the molecule is CCCC1CCC(NCC)C(CCOCCC(C)C)C1. The molecular formula is C18H37NO. The van der Waals surface area contributed by atoms with E-state index < -0.39 is 0 Å². The Balaban J connectivity index is 2.28. The summed E-state index contributed by atoms with van der Waals surface area (Å²) < 4.78 is 5.84. The van der Waals surface area contributed by atoms with E-state index in [0.717, 1.165) is 43.6 Å². The van der Waals surface area contributed by atoms with Gasteiger partial charge in [0.15, 0.2) is 0 Å². The van der Waals surface area contributed by atoms with Crippen molar-refractivity contribution in [1.29, 1.82) is 0 Å². The molecule has 0 bridgehead atoms. The van der Waals surface area contributed by atoms with Crippen LogP contribution in [0.25, 0.3) is 0 Å². The fraction of sp³-hybridized carbons (Fsp3) is 1.00. The lowest BCUT2D eigenvalue weighted by molar-refractivity contribution is 0.0888. The first-order valence-corrected chi connectivity index (χ1v) is 8.98. The fourth-order valence-electron chi connectivity index (χ4n) is 3.54. The number of rotatable bonds is 10. The van der Waals surface area contributed by atoms with Crippen molar-refractivity contribution >= 4 is 0 Å². The van der Waals surface area contributed by atoms with Crippen molar-refractivity contribution in [3.8, 4) is 0 Å². The van der Waals surface area contributed by atoms with Gasteiger partial charge in [-0.25, -0.2) is 0 Å². The van der Waals surface area contributed by atoms with Gasteiger partial charge in [-0.15, -0.1) is 0 Å². The van der Waals surface area contributed by atoms with E-state index >= 15 is 0 Å². The third kappa shape index (κ3) is 7.08. The first kappa shape index (κ1) is 18.0. The Labute approximate surface area is 127 Å². The zero-order valence-corrected chi connectivity index (χ0v) is 14.3. The minimum atomic E-state index is 0.738. The monoisotopic (exact) mass is 283 g/mol. The van der Waals surface area contributed by atoms with Gasteiger partial charge in [0, 0.05) is 19.3 Å². The highest BCUT2D eigenvalue weighted by atomic mass is 16.5. The van der Waals surface area contributed by atoms with Gasteiger partial charge < -0.3 is 10.1 Å². The summed E-state index contributed by atoms with van der Waals surface area (Å²) in [6.45, 7) is 12.1. The highest BCUT2D eigenvalue weighted by molar-refractivity contribution is 4.84. The molecule has 0 saturated heterocycles. The van der Waals surface area contributed by atoms with E-state index in [1.165, 1.54) is 44.9 Å². The van der Waals surface area contributed by atoms with Crippen LogP contribution in [0.2, 0.25) is 0 Å². The van der Waals surface area contributed by atoms with Crippen molar-refractivity contribution in [2.24, 2.45) is 17.8 Å². The van der Waals surface area contributed by atoms with Crippen LogP contribution in [-0.4, -0.2) is 25.8 Å². The van der Waals surface area contributed by atoms with E-state index in [0.29, 0.717) is 0 Å². The average Bonchev–Trinajstić information content (AvgIpc) is 2.41. The molecule has 2 heteroatoms. The lowest BCUT2D eigenvalue weighted by atomic mass is 9.75. The molecule has 3 atom stereocenters. The number of ether oxygens (including phenoxy) is 1. The van der Waals surface area contributed by atoms with Crippen LogP contribution in [0.3, 0.4) is 0 Å². The minimum Gasteiger partial charge on any atom is -0.381 e. The van der Waals surface area contributed by atoms with Crippen molar-refractivity contribution in [1.82, 2.24) is 5.32 Å². The standard InChI is InChI=1S/C18H37NO/c1-5-7-16-8-9-18(19-6-2)17(14-16)11-13-20-12-10-15(3)4/h15-19H,5-14H2,1-4H3. The quantitative estimate of drug-likeness (QED) is 0.590. The maximum absolute atomic E-state index is 5.84. The van der Waals surface area contributed by atoms with Crippen molar-refractivity contribution in [2.75, 3.05) is 19.8 Å². The van der Waals surface area contributed by atoms with Crippen molar-refractivity contribution in [2.45, 2.75) is 78.7 Å². The van der Waals surface area contributed by atoms with Crippen LogP contribution in [0.4, 0.5) is 0 Å². The Hall–Kier alpha value is -0.0800. The number of hydrogen-bond donors (Lipinski definition) is 1. The molecule has 1 saturated carbocycles. The summed E-state index contributed by atoms with van der Waals surface area (Å²) in [4.78, 5) is 0. The Morgan fingerprint density at radius 1 is 1.10 bits per heavy atom. The zero-order valence-electron chi connectivity index (χ0n) is 14.3. The van der Waals surface area contributed by atoms with Gasteiger partial charge in [0.2, 0.25) is 0 Å². The molecule has 2 nitrogen and oxygen atoms in total. The summed E-state index contributed by atoms with van der Waals surface area (Å²) in [5, 5.41) is 3.70. The van der Waals surface area contributed by atoms with Crippen molar-refractivity contribution < 1.29 is 4.74 Å². The van der Waals surface area contributed by atoms with E-state index in [4.69, 9.17) is 4.74 Å². The van der Waals surface area contributed by atoms with Gasteiger partial charge in [0.1, 0.15) is 0 Å². The lowest BCUT2D eigenvalue weighted by Crippen LogP contribution is -2.41. The molecule has 20 heavy (non-hydrogen) atoms. The van der Waals surface area contributed by atoms with Crippen LogP contribution < -0.4 is 5.32 Å². The minimum absolute atomic E-state index is 0.738. The van der Waals surface area contributed by atoms with Crippen LogP contribution in [0, 0.1) is 17.8 Å². The van der Waals surface area contributed by atoms with Gasteiger partial charge in [0.25, 0.3) is 0 Å². The predicted octanol–water partition coefficient (Wildman–Crippen LogP) is 4.63. The van der Waals surface area contributed by atoms with Gasteiger partial charge in [0.05, 0.1) is 0 Å². The summed E-state index contributed by atoms with van der Waals surface area (Å²) in [6.07, 6.45) is 9.41. The summed E-state index contributed by atoms with van der Waals surface area (Å²) >= 11 is 0. The van der Waals surface area contributed by atoms with E-state index in [1.54, 1.807) is 0 Å². The molecule has 0 spiro atoms. The second-order valence-corrected chi connectivity index (χ2v) is 6.98. The van der Waals surface area contributed by atoms with Crippen LogP contribution in [0.15, 0.2) is 0 Å². The number of hydrogen-bond acceptors (Lipinski definition) is 2. The molecule has 1 rings (SSSR count). The summed E-state index contributed by atoms with van der Waals surface area (Å²) in [7, 11) is 0. The second-order valence-electron chi connectivity index (χ2n) is 6.98. The summed E-state index contributed by atoms with van der Waals surface area (Å²) in [6, 6.07) is 0.738.